The molecule has 0 radical (unpaired) electrons. The van der Waals surface area contributed by atoms with Crippen LogP contribution >= 0.6 is 34.5 Å². The van der Waals surface area contributed by atoms with Gasteiger partial charge >= 0.3 is 5.97 Å². The third-order valence-corrected chi connectivity index (χ3v) is 4.31. The number of thiazole rings is 1. The highest BCUT2D eigenvalue weighted by Crippen LogP contribution is 2.24. The Bertz CT molecular complexity index is 696. The van der Waals surface area contributed by atoms with E-state index in [2.05, 4.69) is 15.5 Å². The molecule has 1 heterocycles. The lowest BCUT2D eigenvalue weighted by atomic mass is 10.2. The second kappa shape index (κ2) is 7.58. The predicted molar refractivity (Wildman–Crippen MR) is 90.5 cm³/mol. The number of nitrogens with one attached hydrogen (secondary N) is 1. The van der Waals surface area contributed by atoms with Crippen LogP contribution in [-0.2, 0) is 4.74 Å². The second-order valence-corrected chi connectivity index (χ2v) is 5.97. The maximum absolute atomic E-state index is 11.7. The topological polar surface area (TPSA) is 63.6 Å². The third kappa shape index (κ3) is 3.97. The molecule has 1 aromatic heterocycles. The van der Waals surface area contributed by atoms with Gasteiger partial charge in [-0.25, -0.2) is 9.78 Å². The number of carbonyl (C=O) groups is 1. The fraction of sp³-hybridized carbons (Fsp3) is 0.214. The van der Waals surface area contributed by atoms with E-state index in [1.807, 2.05) is 0 Å². The molecule has 2 rings (SSSR count). The number of rotatable bonds is 5. The van der Waals surface area contributed by atoms with Crippen molar-refractivity contribution < 1.29 is 9.53 Å². The molecule has 5 nitrogen and oxygen atoms in total. The predicted octanol–water partition coefficient (Wildman–Crippen LogP) is 4.38. The van der Waals surface area contributed by atoms with E-state index in [1.54, 1.807) is 32.0 Å². The van der Waals surface area contributed by atoms with Gasteiger partial charge in [-0.05, 0) is 26.0 Å². The van der Waals surface area contributed by atoms with Crippen molar-refractivity contribution in [3.05, 3.63) is 44.4 Å². The number of halogens is 2. The Morgan fingerprint density at radius 3 is 2.77 bits per heavy atom. The minimum atomic E-state index is -0.385. The summed E-state index contributed by atoms with van der Waals surface area (Å²) in [6, 6.07) is 5.20. The van der Waals surface area contributed by atoms with Crippen molar-refractivity contribution in [3.8, 4) is 0 Å². The van der Waals surface area contributed by atoms with Gasteiger partial charge in [-0.1, -0.05) is 40.6 Å². The van der Waals surface area contributed by atoms with Gasteiger partial charge in [0.1, 0.15) is 4.88 Å². The molecule has 8 heteroatoms. The summed E-state index contributed by atoms with van der Waals surface area (Å²) in [6.45, 7) is 3.82. The highest BCUT2D eigenvalue weighted by molar-refractivity contribution is 7.17. The van der Waals surface area contributed by atoms with E-state index in [-0.39, 0.29) is 5.97 Å². The molecule has 0 aliphatic heterocycles. The van der Waals surface area contributed by atoms with E-state index < -0.39 is 0 Å². The van der Waals surface area contributed by atoms with Crippen molar-refractivity contribution in [2.75, 3.05) is 12.0 Å². The van der Waals surface area contributed by atoms with Crippen molar-refractivity contribution in [1.29, 1.82) is 0 Å². The maximum Gasteiger partial charge on any atom is 0.350 e. The van der Waals surface area contributed by atoms with Crippen LogP contribution in [0.1, 0.15) is 27.9 Å². The molecule has 0 amide bonds. The second-order valence-electron chi connectivity index (χ2n) is 4.16. The summed E-state index contributed by atoms with van der Waals surface area (Å²) in [4.78, 5) is 16.4. The molecule has 1 N–H and O–H groups in total. The number of ether oxygens (including phenoxy) is 1. The standard InChI is InChI=1S/C14H13Cl2N3O2S/c1-3-21-13(20)12-8(2)18-14(22-12)19-17-7-9-10(15)5-4-6-11(9)16/h4-7H,3H2,1-2H3,(H,18,19)/b17-7-. The quantitative estimate of drug-likeness (QED) is 0.489. The monoisotopic (exact) mass is 357 g/mol. The summed E-state index contributed by atoms with van der Waals surface area (Å²) < 4.78 is 4.96. The van der Waals surface area contributed by atoms with Gasteiger partial charge in [0.2, 0.25) is 5.13 Å². The highest BCUT2D eigenvalue weighted by atomic mass is 35.5. The van der Waals surface area contributed by atoms with Gasteiger partial charge < -0.3 is 4.74 Å². The van der Waals surface area contributed by atoms with Crippen molar-refractivity contribution in [2.24, 2.45) is 5.10 Å². The molecule has 0 unspecified atom stereocenters. The van der Waals surface area contributed by atoms with Crippen LogP contribution in [0.4, 0.5) is 5.13 Å². The first-order valence-corrected chi connectivity index (χ1v) is 7.97. The van der Waals surface area contributed by atoms with Crippen LogP contribution in [0.5, 0.6) is 0 Å². The zero-order valence-corrected chi connectivity index (χ0v) is 14.2. The van der Waals surface area contributed by atoms with E-state index in [9.17, 15) is 4.79 Å². The Kier molecular flexibility index (Phi) is 5.76. The van der Waals surface area contributed by atoms with Gasteiger partial charge in [-0.3, -0.25) is 5.43 Å². The number of hydrazone groups is 1. The number of benzene rings is 1. The maximum atomic E-state index is 11.7. The van der Waals surface area contributed by atoms with Crippen LogP contribution in [0.15, 0.2) is 23.3 Å². The van der Waals surface area contributed by atoms with E-state index in [1.165, 1.54) is 17.6 Å². The number of aryl methyl sites for hydroxylation is 1. The SMILES string of the molecule is CCOC(=O)c1sc(N/N=C\c2c(Cl)cccc2Cl)nc1C. The number of nitrogens with zero attached hydrogens (tertiary/aromatic N) is 2. The highest BCUT2D eigenvalue weighted by Gasteiger charge is 2.15. The fourth-order valence-corrected chi connectivity index (χ4v) is 2.92. The van der Waals surface area contributed by atoms with Crippen LogP contribution in [0.25, 0.3) is 0 Å². The fourth-order valence-electron chi connectivity index (χ4n) is 1.62. The van der Waals surface area contributed by atoms with E-state index in [4.69, 9.17) is 27.9 Å². The molecule has 0 aliphatic rings. The van der Waals surface area contributed by atoms with Crippen LogP contribution in [0.3, 0.4) is 0 Å². The van der Waals surface area contributed by atoms with Crippen molar-refractivity contribution in [3.63, 3.8) is 0 Å². The molecule has 0 bridgehead atoms. The molecule has 22 heavy (non-hydrogen) atoms. The summed E-state index contributed by atoms with van der Waals surface area (Å²) >= 11 is 13.3. The third-order valence-electron chi connectivity index (χ3n) is 2.61. The molecule has 0 atom stereocenters. The zero-order chi connectivity index (χ0) is 16.1. The number of hydrogen-bond acceptors (Lipinski definition) is 6. The Morgan fingerprint density at radius 2 is 2.14 bits per heavy atom. The normalized spacial score (nSPS) is 10.9. The Morgan fingerprint density at radius 1 is 1.45 bits per heavy atom. The Hall–Kier alpha value is -1.63. The molecule has 0 aliphatic carbocycles. The van der Waals surface area contributed by atoms with Crippen LogP contribution in [0, 0.1) is 6.92 Å². The molecule has 0 saturated carbocycles. The van der Waals surface area contributed by atoms with Crippen molar-refractivity contribution in [2.45, 2.75) is 13.8 Å². The number of hydrogen-bond donors (Lipinski definition) is 1. The molecular weight excluding hydrogens is 345 g/mol. The molecule has 1 aromatic carbocycles. The van der Waals surface area contributed by atoms with Crippen LogP contribution in [-0.4, -0.2) is 23.8 Å². The van der Waals surface area contributed by atoms with E-state index >= 15 is 0 Å². The van der Waals surface area contributed by atoms with Gasteiger partial charge in [0, 0.05) is 5.56 Å². The van der Waals surface area contributed by atoms with Gasteiger partial charge in [-0.2, -0.15) is 5.10 Å². The average Bonchev–Trinajstić information content (AvgIpc) is 2.83. The largest absolute Gasteiger partial charge is 0.462 e. The molecular formula is C14H13Cl2N3O2S. The van der Waals surface area contributed by atoms with E-state index in [0.29, 0.717) is 37.9 Å². The molecule has 2 aromatic rings. The average molecular weight is 358 g/mol. The Balaban J connectivity index is 2.11. The van der Waals surface area contributed by atoms with Crippen LogP contribution < -0.4 is 5.43 Å². The number of esters is 1. The number of aromatic nitrogens is 1. The lowest BCUT2D eigenvalue weighted by Crippen LogP contribution is -2.03. The van der Waals surface area contributed by atoms with Crippen LogP contribution in [0.2, 0.25) is 10.0 Å². The zero-order valence-electron chi connectivity index (χ0n) is 11.9. The number of anilines is 1. The first-order valence-electron chi connectivity index (χ1n) is 6.40. The first kappa shape index (κ1) is 16.7. The summed E-state index contributed by atoms with van der Waals surface area (Å²) in [5.41, 5.74) is 3.96. The molecule has 0 saturated heterocycles. The first-order chi connectivity index (χ1) is 10.5. The summed E-state index contributed by atoms with van der Waals surface area (Å²) in [5.74, 6) is -0.385. The van der Waals surface area contributed by atoms with Crippen molar-refractivity contribution in [1.82, 2.24) is 4.98 Å². The lowest BCUT2D eigenvalue weighted by molar-refractivity contribution is 0.0531. The summed E-state index contributed by atoms with van der Waals surface area (Å²) in [7, 11) is 0. The lowest BCUT2D eigenvalue weighted by Gasteiger charge is -2.00. The molecule has 116 valence electrons. The summed E-state index contributed by atoms with van der Waals surface area (Å²) in [5, 5.41) is 5.53. The number of carbonyl (C=O) groups excluding carboxylic acids is 1. The minimum absolute atomic E-state index is 0.322. The minimum Gasteiger partial charge on any atom is -0.462 e. The summed E-state index contributed by atoms with van der Waals surface area (Å²) in [6.07, 6.45) is 1.51. The van der Waals surface area contributed by atoms with Gasteiger partial charge in [0.25, 0.3) is 0 Å². The Labute approximate surface area is 141 Å². The molecule has 0 spiro atoms. The van der Waals surface area contributed by atoms with Gasteiger partial charge in [-0.15, -0.1) is 0 Å². The molecule has 0 fully saturated rings. The van der Waals surface area contributed by atoms with Gasteiger partial charge in [0.15, 0.2) is 0 Å². The van der Waals surface area contributed by atoms with E-state index in [0.717, 1.165) is 0 Å². The smallest absolute Gasteiger partial charge is 0.350 e. The van der Waals surface area contributed by atoms with Gasteiger partial charge in [0.05, 0.1) is 28.6 Å². The van der Waals surface area contributed by atoms with Crippen molar-refractivity contribution >= 4 is 51.9 Å².